The van der Waals surface area contributed by atoms with E-state index in [0.717, 1.165) is 10.4 Å². The highest BCUT2D eigenvalue weighted by atomic mass is 32.2. The quantitative estimate of drug-likeness (QED) is 0.541. The monoisotopic (exact) mass is 369 g/mol. The van der Waals surface area contributed by atoms with Crippen molar-refractivity contribution in [2.75, 3.05) is 27.8 Å². The molecule has 0 unspecified atom stereocenters. The van der Waals surface area contributed by atoms with Crippen LogP contribution in [0.5, 0.6) is 5.75 Å². The summed E-state index contributed by atoms with van der Waals surface area (Å²) in [7, 11) is 0.487. The number of methoxy groups -OCH3 is 1. The summed E-state index contributed by atoms with van der Waals surface area (Å²) in [4.78, 5) is 23.0. The van der Waals surface area contributed by atoms with Crippen LogP contribution >= 0.6 is 0 Å². The zero-order chi connectivity index (χ0) is 18.6. The molecule has 0 N–H and O–H groups in total. The van der Waals surface area contributed by atoms with Crippen LogP contribution in [0.15, 0.2) is 29.2 Å². The highest BCUT2D eigenvalue weighted by Gasteiger charge is 2.29. The molecule has 0 spiro atoms. The van der Waals surface area contributed by atoms with Gasteiger partial charge in [0.25, 0.3) is 0 Å². The number of hydrogen-bond donors (Lipinski definition) is 0. The van der Waals surface area contributed by atoms with Gasteiger partial charge in [-0.15, -0.1) is 0 Å². The Hall–Kier alpha value is -2.39. The summed E-state index contributed by atoms with van der Waals surface area (Å²) in [5, 5.41) is 0. The number of hydrogen-bond acceptors (Lipinski definition) is 7. The molecule has 0 amide bonds. The number of esters is 2. The van der Waals surface area contributed by atoms with E-state index in [-0.39, 0.29) is 17.3 Å². The Kier molecular flexibility index (Phi) is 5.81. The number of carbonyl (C=O) groups excluding carboxylic acids is 2. The van der Waals surface area contributed by atoms with Gasteiger partial charge in [-0.1, -0.05) is 6.07 Å². The molecule has 2 rings (SSSR count). The Morgan fingerprint density at radius 2 is 2.08 bits per heavy atom. The number of carbonyl (C=O) groups is 2. The van der Waals surface area contributed by atoms with Crippen LogP contribution in [0.1, 0.15) is 12.0 Å². The van der Waals surface area contributed by atoms with Crippen LogP contribution in [0.3, 0.4) is 0 Å². The standard InChI is InChI=1S/C16H19NO7S/c1-17(2)25(20,21)14-10-11(4-6-12(14)22-3)5-7-15(18)24-13-8-9-23-16(13)19/h4-7,10,13H,8-9H2,1-3H3/b7-5+/t13-/m1/s1. The molecule has 1 aliphatic heterocycles. The number of benzene rings is 1. The van der Waals surface area contributed by atoms with Gasteiger partial charge < -0.3 is 14.2 Å². The molecule has 1 saturated heterocycles. The number of rotatable bonds is 6. The van der Waals surface area contributed by atoms with E-state index in [1.54, 1.807) is 6.07 Å². The van der Waals surface area contributed by atoms with Gasteiger partial charge in [-0.25, -0.2) is 22.3 Å². The van der Waals surface area contributed by atoms with Crippen LogP contribution in [0, 0.1) is 0 Å². The second kappa shape index (κ2) is 7.66. The highest BCUT2D eigenvalue weighted by Crippen LogP contribution is 2.27. The van der Waals surface area contributed by atoms with Gasteiger partial charge in [0, 0.05) is 26.6 Å². The zero-order valence-electron chi connectivity index (χ0n) is 14.1. The molecule has 8 nitrogen and oxygen atoms in total. The summed E-state index contributed by atoms with van der Waals surface area (Å²) >= 11 is 0. The predicted octanol–water partition coefficient (Wildman–Crippen LogP) is 0.817. The van der Waals surface area contributed by atoms with Gasteiger partial charge in [0.15, 0.2) is 0 Å². The third-order valence-electron chi connectivity index (χ3n) is 3.50. The predicted molar refractivity (Wildman–Crippen MR) is 88.4 cm³/mol. The molecule has 9 heteroatoms. The number of nitrogens with zero attached hydrogens (tertiary/aromatic N) is 1. The minimum atomic E-state index is -3.71. The fraction of sp³-hybridized carbons (Fsp3) is 0.375. The molecular weight excluding hydrogens is 350 g/mol. The first-order chi connectivity index (χ1) is 11.8. The van der Waals surface area contributed by atoms with Gasteiger partial charge >= 0.3 is 11.9 Å². The average Bonchev–Trinajstić information content (AvgIpc) is 2.97. The lowest BCUT2D eigenvalue weighted by Crippen LogP contribution is -2.22. The molecule has 0 aromatic heterocycles. The maximum atomic E-state index is 12.3. The van der Waals surface area contributed by atoms with Crippen molar-refractivity contribution in [3.05, 3.63) is 29.8 Å². The number of sulfonamides is 1. The van der Waals surface area contributed by atoms with Crippen molar-refractivity contribution < 1.29 is 32.2 Å². The third-order valence-corrected chi connectivity index (χ3v) is 5.34. The van der Waals surface area contributed by atoms with Gasteiger partial charge in [-0.2, -0.15) is 0 Å². The van der Waals surface area contributed by atoms with E-state index >= 15 is 0 Å². The Morgan fingerprint density at radius 1 is 1.36 bits per heavy atom. The van der Waals surface area contributed by atoms with E-state index in [1.807, 2.05) is 0 Å². The molecule has 0 radical (unpaired) electrons. The van der Waals surface area contributed by atoms with E-state index in [0.29, 0.717) is 12.0 Å². The molecular formula is C16H19NO7S. The van der Waals surface area contributed by atoms with Crippen molar-refractivity contribution in [3.63, 3.8) is 0 Å². The molecule has 1 aromatic carbocycles. The van der Waals surface area contributed by atoms with Crippen LogP contribution in [0.25, 0.3) is 6.08 Å². The van der Waals surface area contributed by atoms with Crippen molar-refractivity contribution in [2.45, 2.75) is 17.4 Å². The fourth-order valence-electron chi connectivity index (χ4n) is 2.12. The number of ether oxygens (including phenoxy) is 3. The minimum absolute atomic E-state index is 0.0186. The van der Waals surface area contributed by atoms with Crippen molar-refractivity contribution in [2.24, 2.45) is 0 Å². The lowest BCUT2D eigenvalue weighted by atomic mass is 10.2. The molecule has 136 valence electrons. The van der Waals surface area contributed by atoms with Crippen LogP contribution in [-0.4, -0.2) is 58.6 Å². The number of cyclic esters (lactones) is 1. The Morgan fingerprint density at radius 3 is 2.64 bits per heavy atom. The first kappa shape index (κ1) is 18.9. The SMILES string of the molecule is COc1ccc(/C=C/C(=O)O[C@@H]2CCOC2=O)cc1S(=O)(=O)N(C)C. The molecule has 1 heterocycles. The molecule has 25 heavy (non-hydrogen) atoms. The fourth-order valence-corrected chi connectivity index (χ4v) is 3.21. The molecule has 1 aliphatic rings. The van der Waals surface area contributed by atoms with Gasteiger partial charge in [0.1, 0.15) is 10.6 Å². The second-order valence-corrected chi connectivity index (χ2v) is 7.53. The van der Waals surface area contributed by atoms with Gasteiger partial charge in [-0.3, -0.25) is 0 Å². The van der Waals surface area contributed by atoms with Crippen LogP contribution in [-0.2, 0) is 29.1 Å². The lowest BCUT2D eigenvalue weighted by molar-refractivity contribution is -0.156. The van der Waals surface area contributed by atoms with E-state index in [2.05, 4.69) is 0 Å². The first-order valence-corrected chi connectivity index (χ1v) is 8.85. The van der Waals surface area contributed by atoms with Crippen molar-refractivity contribution in [1.82, 2.24) is 4.31 Å². The summed E-state index contributed by atoms with van der Waals surface area (Å²) < 4.78 is 40.5. The smallest absolute Gasteiger partial charge is 0.347 e. The Balaban J connectivity index is 2.19. The Bertz CT molecular complexity index is 799. The first-order valence-electron chi connectivity index (χ1n) is 7.41. The van der Waals surface area contributed by atoms with Gasteiger partial charge in [0.2, 0.25) is 16.1 Å². The van der Waals surface area contributed by atoms with E-state index in [9.17, 15) is 18.0 Å². The molecule has 0 aliphatic carbocycles. The molecule has 1 aromatic rings. The van der Waals surface area contributed by atoms with E-state index in [4.69, 9.17) is 14.2 Å². The topological polar surface area (TPSA) is 99.2 Å². The van der Waals surface area contributed by atoms with Crippen LogP contribution in [0.4, 0.5) is 0 Å². The summed E-state index contributed by atoms with van der Waals surface area (Å²) in [5.41, 5.74) is 0.465. The summed E-state index contributed by atoms with van der Waals surface area (Å²) in [6.07, 6.45) is 1.96. The van der Waals surface area contributed by atoms with E-state index < -0.39 is 28.1 Å². The average molecular weight is 369 g/mol. The zero-order valence-corrected chi connectivity index (χ0v) is 14.9. The maximum absolute atomic E-state index is 12.3. The molecule has 0 saturated carbocycles. The normalized spacial score (nSPS) is 17.8. The van der Waals surface area contributed by atoms with Gasteiger partial charge in [0.05, 0.1) is 13.7 Å². The summed E-state index contributed by atoms with van der Waals surface area (Å²) in [6.45, 7) is 0.227. The lowest BCUT2D eigenvalue weighted by Gasteiger charge is -2.15. The van der Waals surface area contributed by atoms with Gasteiger partial charge in [-0.05, 0) is 23.8 Å². The van der Waals surface area contributed by atoms with Crippen LogP contribution < -0.4 is 4.74 Å². The highest BCUT2D eigenvalue weighted by molar-refractivity contribution is 7.89. The van der Waals surface area contributed by atoms with E-state index in [1.165, 1.54) is 39.4 Å². The third kappa shape index (κ3) is 4.37. The maximum Gasteiger partial charge on any atom is 0.347 e. The van der Waals surface area contributed by atoms with Crippen molar-refractivity contribution in [1.29, 1.82) is 0 Å². The van der Waals surface area contributed by atoms with Crippen molar-refractivity contribution >= 4 is 28.0 Å². The van der Waals surface area contributed by atoms with Crippen LogP contribution in [0.2, 0.25) is 0 Å². The van der Waals surface area contributed by atoms with Crippen molar-refractivity contribution in [3.8, 4) is 5.75 Å². The minimum Gasteiger partial charge on any atom is -0.495 e. The molecule has 1 atom stereocenters. The molecule has 1 fully saturated rings. The second-order valence-electron chi connectivity index (χ2n) is 5.41. The molecule has 0 bridgehead atoms. The summed E-state index contributed by atoms with van der Waals surface area (Å²) in [6, 6.07) is 4.48. The summed E-state index contributed by atoms with van der Waals surface area (Å²) in [5.74, 6) is -1.08. The largest absolute Gasteiger partial charge is 0.495 e. The Labute approximate surface area is 146 Å².